The molecule has 0 saturated heterocycles. The lowest BCUT2D eigenvalue weighted by Gasteiger charge is -2.01. The summed E-state index contributed by atoms with van der Waals surface area (Å²) in [5.41, 5.74) is 5.22. The Hall–Kier alpha value is -1.14. The minimum atomic E-state index is -0.392. The zero-order valence-electron chi connectivity index (χ0n) is 6.98. The second-order valence-corrected chi connectivity index (χ2v) is 5.06. The minimum Gasteiger partial charge on any atom is -0.393 e. The van der Waals surface area contributed by atoms with Gasteiger partial charge in [0, 0.05) is 6.20 Å². The average molecular weight is 272 g/mol. The van der Waals surface area contributed by atoms with Gasteiger partial charge in [-0.15, -0.1) is 11.3 Å². The standard InChI is InChI=1S/C8H6BrN3OS/c9-6-1-2-7(14-6)12-3-5(10)8(13)11-4-12/h1-4H,10H2. The van der Waals surface area contributed by atoms with Gasteiger partial charge in [0.25, 0.3) is 5.56 Å². The number of hydrogen-bond acceptors (Lipinski definition) is 4. The first kappa shape index (κ1) is 9.42. The number of anilines is 1. The van der Waals surface area contributed by atoms with E-state index in [0.717, 1.165) is 8.79 Å². The molecular weight excluding hydrogens is 266 g/mol. The van der Waals surface area contributed by atoms with Crippen LogP contribution >= 0.6 is 27.3 Å². The van der Waals surface area contributed by atoms with Gasteiger partial charge in [-0.05, 0) is 28.1 Å². The summed E-state index contributed by atoms with van der Waals surface area (Å²) >= 11 is 4.89. The van der Waals surface area contributed by atoms with Crippen molar-refractivity contribution < 1.29 is 0 Å². The molecule has 14 heavy (non-hydrogen) atoms. The van der Waals surface area contributed by atoms with Crippen molar-refractivity contribution in [3.63, 3.8) is 0 Å². The number of nitrogens with two attached hydrogens (primary N) is 1. The Morgan fingerprint density at radius 3 is 2.86 bits per heavy atom. The second kappa shape index (κ2) is 3.55. The van der Waals surface area contributed by atoms with Gasteiger partial charge >= 0.3 is 0 Å². The van der Waals surface area contributed by atoms with Crippen LogP contribution in [0.4, 0.5) is 5.69 Å². The fourth-order valence-electron chi connectivity index (χ4n) is 0.992. The number of nitrogen functional groups attached to an aromatic ring is 1. The van der Waals surface area contributed by atoms with E-state index in [1.165, 1.54) is 17.7 Å². The van der Waals surface area contributed by atoms with Crippen LogP contribution in [0.3, 0.4) is 0 Å². The van der Waals surface area contributed by atoms with Crippen LogP contribution in [0.1, 0.15) is 0 Å². The molecule has 2 aromatic rings. The third-order valence-corrected chi connectivity index (χ3v) is 3.28. The number of aromatic nitrogens is 2. The van der Waals surface area contributed by atoms with Gasteiger partial charge in [-0.2, -0.15) is 4.98 Å². The maximum absolute atomic E-state index is 11.0. The molecule has 0 aliphatic carbocycles. The predicted octanol–water partition coefficient (Wildman–Crippen LogP) is 1.64. The van der Waals surface area contributed by atoms with E-state index in [9.17, 15) is 4.79 Å². The van der Waals surface area contributed by atoms with Crippen molar-refractivity contribution in [2.24, 2.45) is 0 Å². The molecule has 0 spiro atoms. The maximum Gasteiger partial charge on any atom is 0.295 e. The summed E-state index contributed by atoms with van der Waals surface area (Å²) in [4.78, 5) is 14.6. The summed E-state index contributed by atoms with van der Waals surface area (Å²) in [5.74, 6) is 0. The molecule has 2 N–H and O–H groups in total. The van der Waals surface area contributed by atoms with Crippen LogP contribution in [0.5, 0.6) is 0 Å². The Kier molecular flexibility index (Phi) is 2.39. The third-order valence-electron chi connectivity index (χ3n) is 1.64. The van der Waals surface area contributed by atoms with E-state index in [2.05, 4.69) is 20.9 Å². The molecule has 2 aromatic heterocycles. The van der Waals surface area contributed by atoms with Crippen molar-refractivity contribution in [1.82, 2.24) is 9.55 Å². The summed E-state index contributed by atoms with van der Waals surface area (Å²) in [7, 11) is 0. The molecule has 0 bridgehead atoms. The summed E-state index contributed by atoms with van der Waals surface area (Å²) in [6.45, 7) is 0. The highest BCUT2D eigenvalue weighted by Gasteiger charge is 2.01. The van der Waals surface area contributed by atoms with Crippen LogP contribution in [0.15, 0.2) is 33.2 Å². The van der Waals surface area contributed by atoms with Gasteiger partial charge in [0.05, 0.1) is 3.79 Å². The van der Waals surface area contributed by atoms with Crippen LogP contribution < -0.4 is 11.3 Å². The molecule has 0 amide bonds. The highest BCUT2D eigenvalue weighted by atomic mass is 79.9. The number of rotatable bonds is 1. The minimum absolute atomic E-state index is 0.150. The van der Waals surface area contributed by atoms with E-state index in [-0.39, 0.29) is 5.69 Å². The molecule has 0 aromatic carbocycles. The molecule has 0 aliphatic heterocycles. The van der Waals surface area contributed by atoms with Crippen molar-refractivity contribution in [2.75, 3.05) is 5.73 Å². The Bertz CT molecular complexity index is 519. The molecule has 4 nitrogen and oxygen atoms in total. The van der Waals surface area contributed by atoms with E-state index in [1.54, 1.807) is 10.8 Å². The lowest BCUT2D eigenvalue weighted by molar-refractivity contribution is 0.985. The molecule has 0 fully saturated rings. The molecule has 2 rings (SSSR count). The molecule has 0 atom stereocenters. The Balaban J connectivity index is 2.52. The SMILES string of the molecule is Nc1cn(-c2ccc(Br)s2)cnc1=O. The van der Waals surface area contributed by atoms with Crippen LogP contribution in [-0.4, -0.2) is 9.55 Å². The van der Waals surface area contributed by atoms with Gasteiger partial charge in [-0.25, -0.2) is 0 Å². The first-order valence-corrected chi connectivity index (χ1v) is 5.37. The fourth-order valence-corrected chi connectivity index (χ4v) is 2.30. The van der Waals surface area contributed by atoms with Crippen LogP contribution in [0.25, 0.3) is 5.00 Å². The van der Waals surface area contributed by atoms with E-state index in [0.29, 0.717) is 0 Å². The largest absolute Gasteiger partial charge is 0.393 e. The first-order chi connectivity index (χ1) is 6.66. The summed E-state index contributed by atoms with van der Waals surface area (Å²) in [5, 5.41) is 0.955. The van der Waals surface area contributed by atoms with Crippen molar-refractivity contribution in [3.8, 4) is 5.00 Å². The lowest BCUT2D eigenvalue weighted by atomic mass is 10.5. The number of nitrogens with zero attached hydrogens (tertiary/aromatic N) is 2. The quantitative estimate of drug-likeness (QED) is 0.858. The molecule has 0 saturated carbocycles. The third kappa shape index (κ3) is 1.71. The van der Waals surface area contributed by atoms with Gasteiger partial charge in [0.2, 0.25) is 0 Å². The number of halogens is 1. The lowest BCUT2D eigenvalue weighted by Crippen LogP contribution is -2.13. The Morgan fingerprint density at radius 2 is 2.29 bits per heavy atom. The maximum atomic E-state index is 11.0. The molecule has 0 unspecified atom stereocenters. The predicted molar refractivity (Wildman–Crippen MR) is 59.8 cm³/mol. The monoisotopic (exact) mass is 271 g/mol. The van der Waals surface area contributed by atoms with Crippen molar-refractivity contribution in [1.29, 1.82) is 0 Å². The highest BCUT2D eigenvalue weighted by Crippen LogP contribution is 2.24. The van der Waals surface area contributed by atoms with E-state index in [1.807, 2.05) is 12.1 Å². The van der Waals surface area contributed by atoms with Crippen molar-refractivity contribution in [3.05, 3.63) is 38.8 Å². The molecular formula is C8H6BrN3OS. The smallest absolute Gasteiger partial charge is 0.295 e. The molecule has 2 heterocycles. The van der Waals surface area contributed by atoms with Gasteiger partial charge < -0.3 is 5.73 Å². The van der Waals surface area contributed by atoms with Crippen molar-refractivity contribution >= 4 is 33.0 Å². The van der Waals surface area contributed by atoms with Crippen LogP contribution in [-0.2, 0) is 0 Å². The van der Waals surface area contributed by atoms with E-state index >= 15 is 0 Å². The van der Waals surface area contributed by atoms with Crippen LogP contribution in [0.2, 0.25) is 0 Å². The number of thiophene rings is 1. The first-order valence-electron chi connectivity index (χ1n) is 3.76. The molecule has 72 valence electrons. The zero-order chi connectivity index (χ0) is 10.1. The van der Waals surface area contributed by atoms with Crippen molar-refractivity contribution in [2.45, 2.75) is 0 Å². The molecule has 0 aliphatic rings. The van der Waals surface area contributed by atoms with Crippen LogP contribution in [0, 0.1) is 0 Å². The zero-order valence-corrected chi connectivity index (χ0v) is 9.38. The highest BCUT2D eigenvalue weighted by molar-refractivity contribution is 9.11. The fraction of sp³-hybridized carbons (Fsp3) is 0. The normalized spacial score (nSPS) is 10.4. The summed E-state index contributed by atoms with van der Waals surface area (Å²) in [6.07, 6.45) is 3.02. The Morgan fingerprint density at radius 1 is 1.50 bits per heavy atom. The van der Waals surface area contributed by atoms with Gasteiger partial charge in [0.1, 0.15) is 17.0 Å². The Labute approximate surface area is 92.1 Å². The van der Waals surface area contributed by atoms with Gasteiger partial charge in [0.15, 0.2) is 0 Å². The summed E-state index contributed by atoms with van der Waals surface area (Å²) in [6, 6.07) is 3.84. The van der Waals surface area contributed by atoms with E-state index < -0.39 is 5.56 Å². The molecule has 6 heteroatoms. The van der Waals surface area contributed by atoms with Gasteiger partial charge in [-0.3, -0.25) is 9.36 Å². The second-order valence-electron chi connectivity index (χ2n) is 2.62. The number of hydrogen-bond donors (Lipinski definition) is 1. The van der Waals surface area contributed by atoms with E-state index in [4.69, 9.17) is 5.73 Å². The summed E-state index contributed by atoms with van der Waals surface area (Å²) < 4.78 is 2.73. The molecule has 0 radical (unpaired) electrons. The van der Waals surface area contributed by atoms with Gasteiger partial charge in [-0.1, -0.05) is 0 Å². The average Bonchev–Trinajstić information content (AvgIpc) is 2.57. The topological polar surface area (TPSA) is 60.9 Å².